The summed E-state index contributed by atoms with van der Waals surface area (Å²) in [6.45, 7) is 4.72. The molecule has 2 amide bonds. The summed E-state index contributed by atoms with van der Waals surface area (Å²) in [5, 5.41) is 10.4. The summed E-state index contributed by atoms with van der Waals surface area (Å²) in [7, 11) is 1.53. The molecule has 0 atom stereocenters. The minimum Gasteiger partial charge on any atom is -0.481 e. The molecule has 2 N–H and O–H groups in total. The highest BCUT2D eigenvalue weighted by atomic mass is 35.5. The number of anilines is 2. The van der Waals surface area contributed by atoms with Crippen LogP contribution < -0.4 is 15.0 Å². The van der Waals surface area contributed by atoms with Crippen molar-refractivity contribution in [2.45, 2.75) is 39.7 Å². The van der Waals surface area contributed by atoms with Crippen molar-refractivity contribution in [2.75, 3.05) is 17.3 Å². The van der Waals surface area contributed by atoms with Crippen molar-refractivity contribution in [1.29, 1.82) is 0 Å². The highest BCUT2D eigenvalue weighted by molar-refractivity contribution is 6.31. The topological polar surface area (TPSA) is 83.1 Å². The molecule has 1 aliphatic carbocycles. The molecule has 1 aromatic carbocycles. The summed E-state index contributed by atoms with van der Waals surface area (Å²) in [4.78, 5) is 19.0. The van der Waals surface area contributed by atoms with Crippen molar-refractivity contribution in [3.05, 3.63) is 64.3 Å². The molecule has 9 heteroatoms. The van der Waals surface area contributed by atoms with E-state index in [1.807, 2.05) is 0 Å². The SMILES string of the molecule is COc1ccc(N(Cc2n[nH]c3c2CC(C)(C)CC3)C(=O)Nc2ccc(F)c(Cl)c2)cn1. The number of pyridine rings is 1. The molecule has 0 unspecified atom stereocenters. The van der Waals surface area contributed by atoms with Crippen molar-refractivity contribution in [2.24, 2.45) is 5.41 Å². The Morgan fingerprint density at radius 3 is 2.84 bits per heavy atom. The number of methoxy groups -OCH3 is 1. The van der Waals surface area contributed by atoms with E-state index in [4.69, 9.17) is 16.3 Å². The van der Waals surface area contributed by atoms with Crippen LogP contribution in [0, 0.1) is 11.2 Å². The summed E-state index contributed by atoms with van der Waals surface area (Å²) in [6.07, 6.45) is 4.47. The Morgan fingerprint density at radius 1 is 1.34 bits per heavy atom. The van der Waals surface area contributed by atoms with Crippen LogP contribution in [0.4, 0.5) is 20.6 Å². The molecule has 0 bridgehead atoms. The molecule has 0 aliphatic heterocycles. The lowest BCUT2D eigenvalue weighted by Gasteiger charge is -2.30. The summed E-state index contributed by atoms with van der Waals surface area (Å²) < 4.78 is 18.7. The van der Waals surface area contributed by atoms with E-state index in [1.54, 1.807) is 23.2 Å². The van der Waals surface area contributed by atoms with Crippen LogP contribution in [0.3, 0.4) is 0 Å². The number of carbonyl (C=O) groups is 1. The Balaban J connectivity index is 1.64. The maximum atomic E-state index is 13.5. The Kier molecular flexibility index (Phi) is 6.06. The van der Waals surface area contributed by atoms with Crippen LogP contribution in [0.5, 0.6) is 5.88 Å². The quantitative estimate of drug-likeness (QED) is 0.540. The third-order valence-electron chi connectivity index (χ3n) is 5.71. The first-order chi connectivity index (χ1) is 15.3. The predicted octanol–water partition coefficient (Wildman–Crippen LogP) is 5.36. The largest absolute Gasteiger partial charge is 0.481 e. The number of aromatic amines is 1. The normalized spacial score (nSPS) is 14.5. The molecule has 2 heterocycles. The molecular weight excluding hydrogens is 433 g/mol. The molecule has 3 aromatic rings. The molecule has 7 nitrogen and oxygen atoms in total. The van der Waals surface area contributed by atoms with Gasteiger partial charge in [-0.3, -0.25) is 10.00 Å². The molecule has 2 aromatic heterocycles. The van der Waals surface area contributed by atoms with Gasteiger partial charge in [0.2, 0.25) is 5.88 Å². The van der Waals surface area contributed by atoms with Gasteiger partial charge in [0.05, 0.1) is 36.3 Å². The van der Waals surface area contributed by atoms with Gasteiger partial charge in [0.15, 0.2) is 0 Å². The molecule has 0 radical (unpaired) electrons. The number of hydrogen-bond acceptors (Lipinski definition) is 4. The molecule has 32 heavy (non-hydrogen) atoms. The molecule has 1 aliphatic rings. The number of nitrogens with one attached hydrogen (secondary N) is 2. The van der Waals surface area contributed by atoms with E-state index >= 15 is 0 Å². The van der Waals surface area contributed by atoms with E-state index < -0.39 is 11.8 Å². The van der Waals surface area contributed by atoms with Gasteiger partial charge in [0.25, 0.3) is 0 Å². The van der Waals surface area contributed by atoms with Gasteiger partial charge in [0, 0.05) is 17.4 Å². The van der Waals surface area contributed by atoms with E-state index in [2.05, 4.69) is 34.3 Å². The number of nitrogens with zero attached hydrogens (tertiary/aromatic N) is 3. The molecular formula is C23H25ClFN5O2. The number of aromatic nitrogens is 3. The predicted molar refractivity (Wildman–Crippen MR) is 122 cm³/mol. The number of aryl methyl sites for hydroxylation is 1. The van der Waals surface area contributed by atoms with Crippen molar-refractivity contribution in [3.8, 4) is 5.88 Å². The second-order valence-corrected chi connectivity index (χ2v) is 9.08. The zero-order valence-corrected chi connectivity index (χ0v) is 19.0. The van der Waals surface area contributed by atoms with E-state index in [9.17, 15) is 9.18 Å². The van der Waals surface area contributed by atoms with Gasteiger partial charge in [-0.2, -0.15) is 5.10 Å². The lowest BCUT2D eigenvalue weighted by Crippen LogP contribution is -2.35. The average Bonchev–Trinajstić information content (AvgIpc) is 3.15. The lowest BCUT2D eigenvalue weighted by atomic mass is 9.76. The van der Waals surface area contributed by atoms with Crippen LogP contribution in [-0.4, -0.2) is 28.3 Å². The Morgan fingerprint density at radius 2 is 2.16 bits per heavy atom. The Hall–Kier alpha value is -3.13. The average molecular weight is 458 g/mol. The third kappa shape index (κ3) is 4.70. The van der Waals surface area contributed by atoms with Gasteiger partial charge in [-0.1, -0.05) is 25.4 Å². The van der Waals surface area contributed by atoms with Crippen LogP contribution >= 0.6 is 11.6 Å². The second kappa shape index (κ2) is 8.78. The standard InChI is InChI=1S/C23H25ClFN5O2/c1-23(2)9-8-19-16(11-23)20(29-28-19)13-30(15-5-7-21(32-3)26-12-15)22(31)27-14-4-6-18(25)17(24)10-14/h4-7,10,12H,8-9,11,13H2,1-3H3,(H,27,31)(H,28,29). The van der Waals surface area contributed by atoms with Crippen LogP contribution in [0.15, 0.2) is 36.5 Å². The number of ether oxygens (including phenoxy) is 1. The second-order valence-electron chi connectivity index (χ2n) is 8.67. The first-order valence-electron chi connectivity index (χ1n) is 10.3. The minimum absolute atomic E-state index is 0.0657. The van der Waals surface area contributed by atoms with Crippen LogP contribution in [-0.2, 0) is 19.4 Å². The number of fused-ring (bicyclic) bond motifs is 1. The van der Waals surface area contributed by atoms with Crippen LogP contribution in [0.2, 0.25) is 5.02 Å². The van der Waals surface area contributed by atoms with Crippen molar-refractivity contribution < 1.29 is 13.9 Å². The third-order valence-corrected chi connectivity index (χ3v) is 6.00. The monoisotopic (exact) mass is 457 g/mol. The number of urea groups is 1. The number of amides is 2. The molecule has 0 saturated carbocycles. The van der Waals surface area contributed by atoms with Gasteiger partial charge in [0.1, 0.15) is 5.82 Å². The van der Waals surface area contributed by atoms with Gasteiger partial charge in [-0.05, 0) is 54.5 Å². The molecule has 168 valence electrons. The zero-order valence-electron chi connectivity index (χ0n) is 18.2. The van der Waals surface area contributed by atoms with E-state index in [1.165, 1.54) is 25.3 Å². The van der Waals surface area contributed by atoms with Crippen LogP contribution in [0.25, 0.3) is 0 Å². The maximum absolute atomic E-state index is 13.5. The summed E-state index contributed by atoms with van der Waals surface area (Å²) in [6, 6.07) is 7.08. The van der Waals surface area contributed by atoms with Crippen molar-refractivity contribution in [3.63, 3.8) is 0 Å². The van der Waals surface area contributed by atoms with Gasteiger partial charge in [-0.25, -0.2) is 14.2 Å². The fourth-order valence-corrected chi connectivity index (χ4v) is 4.05. The smallest absolute Gasteiger partial charge is 0.326 e. The number of rotatable bonds is 5. The summed E-state index contributed by atoms with van der Waals surface area (Å²) in [5.74, 6) is -0.107. The number of hydrogen-bond donors (Lipinski definition) is 2. The number of H-pyrrole nitrogens is 1. The first-order valence-corrected chi connectivity index (χ1v) is 10.7. The van der Waals surface area contributed by atoms with Crippen molar-refractivity contribution in [1.82, 2.24) is 15.2 Å². The highest BCUT2D eigenvalue weighted by Crippen LogP contribution is 2.36. The fourth-order valence-electron chi connectivity index (χ4n) is 3.87. The Labute approximate surface area is 190 Å². The molecule has 0 fully saturated rings. The highest BCUT2D eigenvalue weighted by Gasteiger charge is 2.30. The fraction of sp³-hybridized carbons (Fsp3) is 0.348. The van der Waals surface area contributed by atoms with E-state index in [-0.39, 0.29) is 17.0 Å². The van der Waals surface area contributed by atoms with Gasteiger partial charge >= 0.3 is 6.03 Å². The first kappa shape index (κ1) is 22.1. The molecule has 4 rings (SSSR count). The molecule has 0 saturated heterocycles. The van der Waals surface area contributed by atoms with Crippen LogP contribution in [0.1, 0.15) is 37.2 Å². The number of carbonyl (C=O) groups excluding carboxylic acids is 1. The summed E-state index contributed by atoms with van der Waals surface area (Å²) in [5.41, 5.74) is 4.23. The number of halogens is 2. The Bertz CT molecular complexity index is 1130. The zero-order chi connectivity index (χ0) is 22.9. The minimum atomic E-state index is -0.549. The van der Waals surface area contributed by atoms with E-state index in [0.717, 1.165) is 36.2 Å². The lowest BCUT2D eigenvalue weighted by molar-refractivity contribution is 0.256. The summed E-state index contributed by atoms with van der Waals surface area (Å²) >= 11 is 5.87. The molecule has 0 spiro atoms. The van der Waals surface area contributed by atoms with E-state index in [0.29, 0.717) is 17.3 Å². The number of benzene rings is 1. The maximum Gasteiger partial charge on any atom is 0.326 e. The van der Waals surface area contributed by atoms with Gasteiger partial charge < -0.3 is 10.1 Å². The van der Waals surface area contributed by atoms with Gasteiger partial charge in [-0.15, -0.1) is 0 Å². The van der Waals surface area contributed by atoms with Crippen molar-refractivity contribution >= 4 is 29.0 Å².